The number of carbonyl (C=O) groups is 2. The fraction of sp³-hybridized carbons (Fsp3) is 0.389. The van der Waals surface area contributed by atoms with Crippen LogP contribution in [0.2, 0.25) is 0 Å². The number of aromatic hydroxyl groups is 1. The highest BCUT2D eigenvalue weighted by Crippen LogP contribution is 2.31. The van der Waals surface area contributed by atoms with E-state index >= 15 is 0 Å². The maximum Gasteiger partial charge on any atom is 0.228 e. The van der Waals surface area contributed by atoms with Gasteiger partial charge in [-0.3, -0.25) is 14.3 Å². The highest BCUT2D eigenvalue weighted by atomic mass is 16.3. The lowest BCUT2D eigenvalue weighted by Crippen LogP contribution is -2.34. The average molecular weight is 356 g/mol. The van der Waals surface area contributed by atoms with Crippen LogP contribution < -0.4 is 4.90 Å². The Morgan fingerprint density at radius 3 is 2.92 bits per heavy atom. The summed E-state index contributed by atoms with van der Waals surface area (Å²) in [5.41, 5.74) is 2.54. The molecule has 1 saturated heterocycles. The van der Waals surface area contributed by atoms with Crippen molar-refractivity contribution in [3.05, 3.63) is 41.7 Å². The fourth-order valence-electron chi connectivity index (χ4n) is 3.69. The molecule has 1 aromatic heterocycles. The Kier molecular flexibility index (Phi) is 4.12. The average Bonchev–Trinajstić information content (AvgIpc) is 3.30. The number of nitrogens with zero attached hydrogens (tertiary/aromatic N) is 4. The summed E-state index contributed by atoms with van der Waals surface area (Å²) in [5, 5.41) is 22.9. The number of hydrogen-bond acceptors (Lipinski definition) is 5. The molecule has 0 aliphatic carbocycles. The van der Waals surface area contributed by atoms with Crippen molar-refractivity contribution in [2.75, 3.05) is 18.1 Å². The topological polar surface area (TPSA) is 98.9 Å². The first kappa shape index (κ1) is 16.6. The van der Waals surface area contributed by atoms with Crippen LogP contribution in [0.4, 0.5) is 5.69 Å². The zero-order valence-electron chi connectivity index (χ0n) is 14.2. The molecule has 4 rings (SSSR count). The number of aromatic nitrogens is 2. The number of hydrogen-bond donors (Lipinski definition) is 2. The van der Waals surface area contributed by atoms with Crippen LogP contribution in [0.15, 0.2) is 30.5 Å². The first-order chi connectivity index (χ1) is 12.6. The molecular formula is C18H20N4O4. The normalized spacial score (nSPS) is 19.3. The van der Waals surface area contributed by atoms with Gasteiger partial charge in [0.15, 0.2) is 0 Å². The molecule has 0 radical (unpaired) electrons. The van der Waals surface area contributed by atoms with Crippen LogP contribution in [0.25, 0.3) is 0 Å². The predicted molar refractivity (Wildman–Crippen MR) is 92.1 cm³/mol. The Bertz CT molecular complexity index is 863. The van der Waals surface area contributed by atoms with Crippen molar-refractivity contribution in [2.24, 2.45) is 5.92 Å². The number of phenolic OH excluding ortho intramolecular Hbond substituents is 1. The third-order valence-corrected chi connectivity index (χ3v) is 4.98. The summed E-state index contributed by atoms with van der Waals surface area (Å²) in [6.45, 7) is 1.65. The summed E-state index contributed by atoms with van der Waals surface area (Å²) in [6.07, 6.45) is 1.90. The third-order valence-electron chi connectivity index (χ3n) is 4.98. The lowest BCUT2D eigenvalue weighted by Gasteiger charge is -2.21. The van der Waals surface area contributed by atoms with Gasteiger partial charge in [-0.05, 0) is 12.1 Å². The summed E-state index contributed by atoms with van der Waals surface area (Å²) < 4.78 is 1.72. The molecule has 0 unspecified atom stereocenters. The fourth-order valence-corrected chi connectivity index (χ4v) is 3.69. The Labute approximate surface area is 150 Å². The first-order valence-corrected chi connectivity index (χ1v) is 8.59. The van der Waals surface area contributed by atoms with Crippen LogP contribution in [0.1, 0.15) is 17.7 Å². The summed E-state index contributed by atoms with van der Waals surface area (Å²) in [6, 6.07) is 6.50. The molecule has 8 nitrogen and oxygen atoms in total. The Balaban J connectivity index is 1.46. The van der Waals surface area contributed by atoms with E-state index < -0.39 is 5.92 Å². The number of phenols is 1. The molecule has 1 aromatic carbocycles. The number of fused-ring (bicyclic) bond motifs is 1. The van der Waals surface area contributed by atoms with Gasteiger partial charge in [0.2, 0.25) is 11.8 Å². The highest BCUT2D eigenvalue weighted by Gasteiger charge is 2.39. The Hall–Kier alpha value is -2.87. The van der Waals surface area contributed by atoms with Gasteiger partial charge in [-0.15, -0.1) is 0 Å². The van der Waals surface area contributed by atoms with E-state index in [9.17, 15) is 14.7 Å². The molecule has 1 fully saturated rings. The maximum atomic E-state index is 12.9. The number of benzene rings is 1. The van der Waals surface area contributed by atoms with Gasteiger partial charge in [0.25, 0.3) is 0 Å². The molecule has 2 aliphatic heterocycles. The third kappa shape index (κ3) is 2.82. The Morgan fingerprint density at radius 2 is 2.15 bits per heavy atom. The zero-order chi connectivity index (χ0) is 18.3. The van der Waals surface area contributed by atoms with E-state index in [4.69, 9.17) is 5.11 Å². The van der Waals surface area contributed by atoms with E-state index in [1.807, 2.05) is 0 Å². The summed E-state index contributed by atoms with van der Waals surface area (Å²) in [7, 11) is 0. The summed E-state index contributed by atoms with van der Waals surface area (Å²) >= 11 is 0. The second kappa shape index (κ2) is 6.45. The maximum absolute atomic E-state index is 12.9. The van der Waals surface area contributed by atoms with Crippen molar-refractivity contribution in [2.45, 2.75) is 26.1 Å². The first-order valence-electron chi connectivity index (χ1n) is 8.59. The van der Waals surface area contributed by atoms with Crippen molar-refractivity contribution in [3.63, 3.8) is 0 Å². The van der Waals surface area contributed by atoms with E-state index in [1.54, 1.807) is 38.9 Å². The van der Waals surface area contributed by atoms with Crippen molar-refractivity contribution in [1.82, 2.24) is 14.7 Å². The minimum absolute atomic E-state index is 0.00191. The largest absolute Gasteiger partial charge is 0.508 e. The molecule has 1 atom stereocenters. The lowest BCUT2D eigenvalue weighted by molar-refractivity contribution is -0.136. The van der Waals surface area contributed by atoms with Crippen molar-refractivity contribution >= 4 is 17.5 Å². The second-order valence-corrected chi connectivity index (χ2v) is 6.68. The standard InChI is InChI=1S/C18H20N4O4/c23-5-4-22-16-11-20(9-13(16)8-19-22)18(26)12-6-17(25)21(10-12)14-2-1-3-15(24)7-14/h1-3,7-8,12,23-24H,4-6,9-11H2/t12-/m0/s1. The minimum Gasteiger partial charge on any atom is -0.508 e. The van der Waals surface area contributed by atoms with E-state index in [1.165, 1.54) is 6.07 Å². The quantitative estimate of drug-likeness (QED) is 0.830. The molecular weight excluding hydrogens is 336 g/mol. The molecule has 0 saturated carbocycles. The van der Waals surface area contributed by atoms with Gasteiger partial charge in [-0.2, -0.15) is 5.10 Å². The number of carbonyl (C=O) groups excluding carboxylic acids is 2. The zero-order valence-corrected chi connectivity index (χ0v) is 14.2. The number of rotatable bonds is 4. The molecule has 2 N–H and O–H groups in total. The van der Waals surface area contributed by atoms with E-state index in [2.05, 4.69) is 5.10 Å². The smallest absolute Gasteiger partial charge is 0.228 e. The van der Waals surface area contributed by atoms with Gasteiger partial charge in [0, 0.05) is 36.8 Å². The van der Waals surface area contributed by atoms with Crippen molar-refractivity contribution < 1.29 is 19.8 Å². The molecule has 2 aromatic rings. The van der Waals surface area contributed by atoms with E-state index in [-0.39, 0.29) is 30.6 Å². The van der Waals surface area contributed by atoms with Crippen molar-refractivity contribution in [3.8, 4) is 5.75 Å². The van der Waals surface area contributed by atoms with Crippen LogP contribution in [0, 0.1) is 5.92 Å². The van der Waals surface area contributed by atoms with Gasteiger partial charge >= 0.3 is 0 Å². The molecule has 0 spiro atoms. The molecule has 2 aliphatic rings. The van der Waals surface area contributed by atoms with E-state index in [0.717, 1.165) is 11.3 Å². The van der Waals surface area contributed by atoms with Gasteiger partial charge in [-0.25, -0.2) is 0 Å². The molecule has 26 heavy (non-hydrogen) atoms. The van der Waals surface area contributed by atoms with Crippen LogP contribution >= 0.6 is 0 Å². The minimum atomic E-state index is -0.395. The molecule has 8 heteroatoms. The highest BCUT2D eigenvalue weighted by molar-refractivity contribution is 6.00. The molecule has 3 heterocycles. The molecule has 2 amide bonds. The van der Waals surface area contributed by atoms with Crippen LogP contribution in [-0.2, 0) is 29.2 Å². The van der Waals surface area contributed by atoms with Crippen LogP contribution in [0.3, 0.4) is 0 Å². The van der Waals surface area contributed by atoms with Crippen molar-refractivity contribution in [1.29, 1.82) is 0 Å². The number of anilines is 1. The lowest BCUT2D eigenvalue weighted by atomic mass is 10.1. The van der Waals surface area contributed by atoms with Crippen LogP contribution in [0.5, 0.6) is 5.75 Å². The van der Waals surface area contributed by atoms with Gasteiger partial charge in [0.05, 0.1) is 37.5 Å². The predicted octanol–water partition coefficient (Wildman–Crippen LogP) is 0.476. The summed E-state index contributed by atoms with van der Waals surface area (Å²) in [5.74, 6) is -0.466. The number of aliphatic hydroxyl groups excluding tert-OH is 1. The number of amides is 2. The molecule has 0 bridgehead atoms. The van der Waals surface area contributed by atoms with Crippen LogP contribution in [-0.4, -0.2) is 49.9 Å². The Morgan fingerprint density at radius 1 is 1.31 bits per heavy atom. The monoisotopic (exact) mass is 356 g/mol. The van der Waals surface area contributed by atoms with Gasteiger partial charge in [-0.1, -0.05) is 6.07 Å². The molecule has 136 valence electrons. The number of aliphatic hydroxyl groups is 1. The van der Waals surface area contributed by atoms with Gasteiger partial charge < -0.3 is 20.0 Å². The second-order valence-electron chi connectivity index (χ2n) is 6.68. The van der Waals surface area contributed by atoms with E-state index in [0.29, 0.717) is 31.9 Å². The van der Waals surface area contributed by atoms with Gasteiger partial charge in [0.1, 0.15) is 5.75 Å². The summed E-state index contributed by atoms with van der Waals surface area (Å²) in [4.78, 5) is 28.5. The SMILES string of the molecule is O=C([C@H]1CC(=O)N(c2cccc(O)c2)C1)N1Cc2cnn(CCO)c2C1.